The molecule has 4 nitrogen and oxygen atoms in total. The zero-order valence-electron chi connectivity index (χ0n) is 9.17. The smallest absolute Gasteiger partial charge is 0.142 e. The zero-order chi connectivity index (χ0) is 11.4. The van der Waals surface area contributed by atoms with Crippen molar-refractivity contribution in [1.29, 1.82) is 0 Å². The van der Waals surface area contributed by atoms with Crippen molar-refractivity contribution in [3.63, 3.8) is 0 Å². The Balaban J connectivity index is 2.19. The van der Waals surface area contributed by atoms with E-state index in [1.807, 2.05) is 24.3 Å². The second-order valence-corrected chi connectivity index (χ2v) is 3.95. The minimum absolute atomic E-state index is 0.209. The van der Waals surface area contributed by atoms with E-state index in [0.29, 0.717) is 13.2 Å². The van der Waals surface area contributed by atoms with Gasteiger partial charge in [0, 0.05) is 13.1 Å². The van der Waals surface area contributed by atoms with Crippen LogP contribution in [0.15, 0.2) is 24.3 Å². The minimum Gasteiger partial charge on any atom is -0.491 e. The summed E-state index contributed by atoms with van der Waals surface area (Å²) >= 11 is 0. The lowest BCUT2D eigenvalue weighted by molar-refractivity contribution is 0.0999. The number of hydrogen-bond acceptors (Lipinski definition) is 4. The lowest BCUT2D eigenvalue weighted by atomic mass is 10.2. The Kier molecular flexibility index (Phi) is 3.64. The summed E-state index contributed by atoms with van der Waals surface area (Å²) in [6, 6.07) is 7.79. The first-order chi connectivity index (χ1) is 7.81. The molecule has 0 aromatic heterocycles. The van der Waals surface area contributed by atoms with E-state index in [1.165, 1.54) is 0 Å². The molecule has 1 unspecified atom stereocenters. The summed E-state index contributed by atoms with van der Waals surface area (Å²) in [5.74, 6) is 0.852. The van der Waals surface area contributed by atoms with Crippen molar-refractivity contribution >= 4 is 5.69 Å². The molecule has 4 heteroatoms. The first-order valence-corrected chi connectivity index (χ1v) is 5.57. The van der Waals surface area contributed by atoms with Crippen molar-refractivity contribution in [3.8, 4) is 5.75 Å². The lowest BCUT2D eigenvalue weighted by Gasteiger charge is -2.25. The molecule has 16 heavy (non-hydrogen) atoms. The van der Waals surface area contributed by atoms with Crippen molar-refractivity contribution in [2.24, 2.45) is 0 Å². The highest BCUT2D eigenvalue weighted by Gasteiger charge is 2.17. The molecular weight excluding hydrogens is 206 g/mol. The van der Waals surface area contributed by atoms with Crippen molar-refractivity contribution < 1.29 is 14.9 Å². The van der Waals surface area contributed by atoms with E-state index < -0.39 is 6.10 Å². The lowest BCUT2D eigenvalue weighted by Crippen LogP contribution is -2.34. The molecule has 0 radical (unpaired) electrons. The van der Waals surface area contributed by atoms with Crippen LogP contribution in [0.3, 0.4) is 0 Å². The molecule has 1 aliphatic heterocycles. The van der Waals surface area contributed by atoms with Crippen LogP contribution < -0.4 is 9.64 Å². The maximum atomic E-state index is 9.50. The van der Waals surface area contributed by atoms with Gasteiger partial charge in [0.25, 0.3) is 0 Å². The average molecular weight is 223 g/mol. The third-order valence-electron chi connectivity index (χ3n) is 2.68. The van der Waals surface area contributed by atoms with Gasteiger partial charge in [0.2, 0.25) is 0 Å². The zero-order valence-corrected chi connectivity index (χ0v) is 9.17. The molecule has 1 aromatic carbocycles. The molecule has 0 bridgehead atoms. The van der Waals surface area contributed by atoms with Gasteiger partial charge in [0.05, 0.1) is 25.0 Å². The molecule has 0 saturated carbocycles. The van der Waals surface area contributed by atoms with Crippen LogP contribution in [0.2, 0.25) is 0 Å². The van der Waals surface area contributed by atoms with Crippen molar-refractivity contribution in [2.45, 2.75) is 12.5 Å². The third kappa shape index (κ3) is 2.46. The summed E-state index contributed by atoms with van der Waals surface area (Å²) in [6.45, 7) is 1.77. The summed E-state index contributed by atoms with van der Waals surface area (Å²) < 4.78 is 5.61. The maximum Gasteiger partial charge on any atom is 0.142 e. The van der Waals surface area contributed by atoms with Crippen LogP contribution in [0.5, 0.6) is 5.75 Å². The number of aliphatic hydroxyl groups excluding tert-OH is 2. The van der Waals surface area contributed by atoms with Gasteiger partial charge in [-0.15, -0.1) is 0 Å². The van der Waals surface area contributed by atoms with Gasteiger partial charge in [-0.3, -0.25) is 0 Å². The molecule has 0 fully saturated rings. The predicted molar refractivity (Wildman–Crippen MR) is 61.9 cm³/mol. The summed E-state index contributed by atoms with van der Waals surface area (Å²) in [4.78, 5) is 2.06. The first-order valence-electron chi connectivity index (χ1n) is 5.57. The Morgan fingerprint density at radius 3 is 3.00 bits per heavy atom. The van der Waals surface area contributed by atoms with Crippen LogP contribution in [-0.2, 0) is 0 Å². The average Bonchev–Trinajstić information content (AvgIpc) is 2.52. The van der Waals surface area contributed by atoms with E-state index in [1.54, 1.807) is 0 Å². The van der Waals surface area contributed by atoms with Crippen molar-refractivity contribution in [3.05, 3.63) is 24.3 Å². The highest BCUT2D eigenvalue weighted by Crippen LogP contribution is 2.30. The molecule has 88 valence electrons. The van der Waals surface area contributed by atoms with Gasteiger partial charge < -0.3 is 19.8 Å². The summed E-state index contributed by atoms with van der Waals surface area (Å²) in [5, 5.41) is 18.4. The van der Waals surface area contributed by atoms with Gasteiger partial charge in [-0.2, -0.15) is 0 Å². The first kappa shape index (κ1) is 11.2. The molecule has 1 aliphatic rings. The molecular formula is C12H17NO3. The SMILES string of the molecule is OCC(O)CN1CCCOc2ccccc21. The van der Waals surface area contributed by atoms with Gasteiger partial charge >= 0.3 is 0 Å². The molecule has 2 rings (SSSR count). The Bertz CT molecular complexity index is 343. The second kappa shape index (κ2) is 5.18. The molecule has 0 amide bonds. The van der Waals surface area contributed by atoms with Crippen LogP contribution in [0.1, 0.15) is 6.42 Å². The van der Waals surface area contributed by atoms with E-state index >= 15 is 0 Å². The second-order valence-electron chi connectivity index (χ2n) is 3.95. The number of para-hydroxylation sites is 2. The maximum absolute atomic E-state index is 9.50. The Labute approximate surface area is 95.1 Å². The van der Waals surface area contributed by atoms with E-state index in [9.17, 15) is 5.11 Å². The number of rotatable bonds is 3. The van der Waals surface area contributed by atoms with Crippen LogP contribution in [0, 0.1) is 0 Å². The highest BCUT2D eigenvalue weighted by molar-refractivity contribution is 5.59. The van der Waals surface area contributed by atoms with E-state index in [0.717, 1.165) is 24.4 Å². The summed E-state index contributed by atoms with van der Waals surface area (Å²) in [7, 11) is 0. The Hall–Kier alpha value is -1.26. The number of aliphatic hydroxyl groups is 2. The van der Waals surface area contributed by atoms with Crippen molar-refractivity contribution in [2.75, 3.05) is 31.2 Å². The predicted octanol–water partition coefficient (Wildman–Crippen LogP) is 0.629. The van der Waals surface area contributed by atoms with Gasteiger partial charge in [0.15, 0.2) is 0 Å². The van der Waals surface area contributed by atoms with E-state index in [2.05, 4.69) is 4.90 Å². The number of nitrogens with zero attached hydrogens (tertiary/aromatic N) is 1. The Morgan fingerprint density at radius 1 is 1.38 bits per heavy atom. The number of β-amino-alcohol motifs (C(OH)–C–C–N with tert-alkyl or cyclic N) is 1. The van der Waals surface area contributed by atoms with E-state index in [-0.39, 0.29) is 6.61 Å². The van der Waals surface area contributed by atoms with Gasteiger partial charge in [-0.1, -0.05) is 12.1 Å². The van der Waals surface area contributed by atoms with Crippen LogP contribution >= 0.6 is 0 Å². The fourth-order valence-electron chi connectivity index (χ4n) is 1.90. The number of benzene rings is 1. The number of fused-ring (bicyclic) bond motifs is 1. The topological polar surface area (TPSA) is 52.9 Å². The monoisotopic (exact) mass is 223 g/mol. The van der Waals surface area contributed by atoms with Gasteiger partial charge in [-0.05, 0) is 18.6 Å². The quantitative estimate of drug-likeness (QED) is 0.789. The largest absolute Gasteiger partial charge is 0.491 e. The fraction of sp³-hybridized carbons (Fsp3) is 0.500. The fourth-order valence-corrected chi connectivity index (χ4v) is 1.90. The third-order valence-corrected chi connectivity index (χ3v) is 2.68. The molecule has 0 aliphatic carbocycles. The molecule has 0 spiro atoms. The van der Waals surface area contributed by atoms with E-state index in [4.69, 9.17) is 9.84 Å². The number of anilines is 1. The van der Waals surface area contributed by atoms with Crippen LogP contribution in [0.4, 0.5) is 5.69 Å². The van der Waals surface area contributed by atoms with Crippen LogP contribution in [-0.4, -0.2) is 42.6 Å². The van der Waals surface area contributed by atoms with Gasteiger partial charge in [0.1, 0.15) is 5.75 Å². The Morgan fingerprint density at radius 2 is 2.19 bits per heavy atom. The minimum atomic E-state index is -0.703. The standard InChI is InChI=1S/C12H17NO3/c14-9-10(15)8-13-6-3-7-16-12-5-2-1-4-11(12)13/h1-2,4-5,10,14-15H,3,6-9H2. The summed E-state index contributed by atoms with van der Waals surface area (Å²) in [6.07, 6.45) is 0.221. The van der Waals surface area contributed by atoms with Crippen LogP contribution in [0.25, 0.3) is 0 Å². The normalized spacial score (nSPS) is 17.2. The highest BCUT2D eigenvalue weighted by atomic mass is 16.5. The molecule has 2 N–H and O–H groups in total. The molecule has 1 heterocycles. The summed E-state index contributed by atoms with van der Waals surface area (Å²) in [5.41, 5.74) is 0.993. The van der Waals surface area contributed by atoms with Crippen molar-refractivity contribution in [1.82, 2.24) is 0 Å². The molecule has 0 saturated heterocycles. The number of hydrogen-bond donors (Lipinski definition) is 2. The number of ether oxygens (including phenoxy) is 1. The van der Waals surface area contributed by atoms with Gasteiger partial charge in [-0.25, -0.2) is 0 Å². The molecule has 1 atom stereocenters. The molecule has 1 aromatic rings.